The van der Waals surface area contributed by atoms with Crippen molar-refractivity contribution in [3.05, 3.63) is 17.1 Å². The summed E-state index contributed by atoms with van der Waals surface area (Å²) in [5.74, 6) is 1.00. The number of hydrogen-bond acceptors (Lipinski definition) is 4. The molecule has 1 aliphatic carbocycles. The summed E-state index contributed by atoms with van der Waals surface area (Å²) >= 11 is 0. The highest BCUT2D eigenvalue weighted by atomic mass is 19.4. The average molecular weight is 275 g/mol. The van der Waals surface area contributed by atoms with Crippen LogP contribution in [0, 0.1) is 0 Å². The molecule has 0 amide bonds. The van der Waals surface area contributed by atoms with Gasteiger partial charge in [-0.2, -0.15) is 13.2 Å². The van der Waals surface area contributed by atoms with Crippen LogP contribution in [0.4, 0.5) is 19.0 Å². The first kappa shape index (κ1) is 14.0. The van der Waals surface area contributed by atoms with E-state index in [2.05, 4.69) is 20.0 Å². The molecule has 1 aromatic heterocycles. The fourth-order valence-electron chi connectivity index (χ4n) is 2.17. The van der Waals surface area contributed by atoms with Crippen molar-refractivity contribution in [3.63, 3.8) is 0 Å². The van der Waals surface area contributed by atoms with E-state index < -0.39 is 12.8 Å². The van der Waals surface area contributed by atoms with E-state index in [9.17, 15) is 13.2 Å². The minimum Gasteiger partial charge on any atom is -0.373 e. The zero-order valence-corrected chi connectivity index (χ0v) is 10.7. The number of hydrogen-bond donors (Lipinski definition) is 1. The van der Waals surface area contributed by atoms with Gasteiger partial charge in [0.1, 0.15) is 19.0 Å². The average Bonchev–Trinajstić information content (AvgIpc) is 2.36. The number of anilines is 1. The van der Waals surface area contributed by atoms with Crippen LogP contribution in [-0.2, 0) is 24.2 Å². The van der Waals surface area contributed by atoms with Gasteiger partial charge in [-0.05, 0) is 25.7 Å². The van der Waals surface area contributed by atoms with Crippen molar-refractivity contribution in [2.75, 3.05) is 19.0 Å². The van der Waals surface area contributed by atoms with Crippen LogP contribution < -0.4 is 5.32 Å². The second-order valence-corrected chi connectivity index (χ2v) is 4.48. The van der Waals surface area contributed by atoms with E-state index in [4.69, 9.17) is 0 Å². The number of fused-ring (bicyclic) bond motifs is 1. The summed E-state index contributed by atoms with van der Waals surface area (Å²) in [6.07, 6.45) is -0.418. The van der Waals surface area contributed by atoms with Gasteiger partial charge in [-0.3, -0.25) is 0 Å². The van der Waals surface area contributed by atoms with Gasteiger partial charge in [-0.25, -0.2) is 9.97 Å². The first-order valence-corrected chi connectivity index (χ1v) is 6.20. The van der Waals surface area contributed by atoms with Crippen molar-refractivity contribution < 1.29 is 17.9 Å². The van der Waals surface area contributed by atoms with Crippen LogP contribution in [0.1, 0.15) is 29.9 Å². The topological polar surface area (TPSA) is 47.0 Å². The van der Waals surface area contributed by atoms with Gasteiger partial charge in [-0.15, -0.1) is 0 Å². The van der Waals surface area contributed by atoms with Crippen LogP contribution in [0.5, 0.6) is 0 Å². The number of halogens is 3. The first-order chi connectivity index (χ1) is 8.99. The predicted molar refractivity (Wildman–Crippen MR) is 63.9 cm³/mol. The Balaban J connectivity index is 2.09. The molecule has 0 unspecified atom stereocenters. The third-order valence-corrected chi connectivity index (χ3v) is 2.96. The van der Waals surface area contributed by atoms with Crippen molar-refractivity contribution in [3.8, 4) is 0 Å². The maximum atomic E-state index is 12.0. The molecule has 0 aliphatic heterocycles. The summed E-state index contributed by atoms with van der Waals surface area (Å²) in [5.41, 5.74) is 2.00. The van der Waals surface area contributed by atoms with E-state index in [1.807, 2.05) is 0 Å². The molecule has 0 atom stereocenters. The molecule has 0 radical (unpaired) electrons. The Kier molecular flexibility index (Phi) is 4.24. The van der Waals surface area contributed by atoms with Crippen LogP contribution in [-0.4, -0.2) is 29.8 Å². The van der Waals surface area contributed by atoms with Crippen molar-refractivity contribution >= 4 is 5.82 Å². The van der Waals surface area contributed by atoms with Crippen molar-refractivity contribution in [1.82, 2.24) is 9.97 Å². The van der Waals surface area contributed by atoms with Gasteiger partial charge in [-0.1, -0.05) is 0 Å². The van der Waals surface area contributed by atoms with Gasteiger partial charge in [0.2, 0.25) is 0 Å². The number of ether oxygens (including phenoxy) is 1. The maximum Gasteiger partial charge on any atom is 0.411 e. The maximum absolute atomic E-state index is 12.0. The lowest BCUT2D eigenvalue weighted by molar-refractivity contribution is -0.177. The molecule has 1 N–H and O–H groups in total. The smallest absolute Gasteiger partial charge is 0.373 e. The molecule has 1 heterocycles. The molecule has 7 heteroatoms. The monoisotopic (exact) mass is 275 g/mol. The third kappa shape index (κ3) is 3.79. The van der Waals surface area contributed by atoms with Crippen LogP contribution >= 0.6 is 0 Å². The Labute approximate surface area is 109 Å². The minimum atomic E-state index is -4.32. The Morgan fingerprint density at radius 1 is 1.21 bits per heavy atom. The van der Waals surface area contributed by atoms with Gasteiger partial charge < -0.3 is 10.1 Å². The first-order valence-electron chi connectivity index (χ1n) is 6.20. The van der Waals surface area contributed by atoms with Gasteiger partial charge in [0, 0.05) is 18.3 Å². The Morgan fingerprint density at radius 3 is 2.63 bits per heavy atom. The summed E-state index contributed by atoms with van der Waals surface area (Å²) in [7, 11) is 1.75. The van der Waals surface area contributed by atoms with Crippen molar-refractivity contribution in [2.24, 2.45) is 0 Å². The number of aromatic nitrogens is 2. The van der Waals surface area contributed by atoms with E-state index in [1.165, 1.54) is 0 Å². The highest BCUT2D eigenvalue weighted by Gasteiger charge is 2.27. The predicted octanol–water partition coefficient (Wildman–Crippen LogP) is 2.48. The molecule has 4 nitrogen and oxygen atoms in total. The highest BCUT2D eigenvalue weighted by molar-refractivity contribution is 5.47. The molecular formula is C12H16F3N3O. The number of nitrogens with zero attached hydrogens (tertiary/aromatic N) is 2. The summed E-state index contributed by atoms with van der Waals surface area (Å²) in [4.78, 5) is 8.51. The quantitative estimate of drug-likeness (QED) is 0.917. The van der Waals surface area contributed by atoms with Crippen LogP contribution in [0.2, 0.25) is 0 Å². The number of nitrogens with one attached hydrogen (secondary N) is 1. The molecule has 1 aromatic rings. The molecule has 0 spiro atoms. The Morgan fingerprint density at radius 2 is 1.95 bits per heavy atom. The van der Waals surface area contributed by atoms with Gasteiger partial charge in [0.05, 0.1) is 0 Å². The lowest BCUT2D eigenvalue weighted by Gasteiger charge is -2.18. The molecule has 0 bridgehead atoms. The molecule has 2 rings (SSSR count). The third-order valence-electron chi connectivity index (χ3n) is 2.96. The number of rotatable bonds is 4. The fraction of sp³-hybridized carbons (Fsp3) is 0.667. The normalized spacial score (nSPS) is 15.2. The zero-order valence-electron chi connectivity index (χ0n) is 10.7. The molecular weight excluding hydrogens is 259 g/mol. The number of alkyl halides is 3. The van der Waals surface area contributed by atoms with Gasteiger partial charge in [0.25, 0.3) is 0 Å². The van der Waals surface area contributed by atoms with Crippen LogP contribution in [0.3, 0.4) is 0 Å². The molecule has 0 fully saturated rings. The largest absolute Gasteiger partial charge is 0.411 e. The molecule has 1 aliphatic rings. The second kappa shape index (κ2) is 5.73. The molecule has 0 saturated heterocycles. The Bertz CT molecular complexity index is 431. The fourth-order valence-corrected chi connectivity index (χ4v) is 2.17. The summed E-state index contributed by atoms with van der Waals surface area (Å²) < 4.78 is 40.6. The van der Waals surface area contributed by atoms with Gasteiger partial charge in [0.15, 0.2) is 5.82 Å². The zero-order chi connectivity index (χ0) is 13.9. The van der Waals surface area contributed by atoms with Crippen molar-refractivity contribution in [1.29, 1.82) is 0 Å². The lowest BCUT2D eigenvalue weighted by atomic mass is 9.96. The molecule has 19 heavy (non-hydrogen) atoms. The van der Waals surface area contributed by atoms with E-state index in [-0.39, 0.29) is 6.61 Å². The SMILES string of the molecule is CNc1nc(COCC(F)(F)F)nc2c1CCCC2. The van der Waals surface area contributed by atoms with E-state index in [0.29, 0.717) is 11.6 Å². The molecule has 0 saturated carbocycles. The standard InChI is InChI=1S/C12H16F3N3O/c1-16-11-8-4-2-3-5-9(8)17-10(18-11)6-19-7-12(13,14)15/h2-7H2,1H3,(H,16,17,18). The van der Waals surface area contributed by atoms with Crippen LogP contribution in [0.25, 0.3) is 0 Å². The second-order valence-electron chi connectivity index (χ2n) is 4.48. The molecule has 0 aromatic carbocycles. The van der Waals surface area contributed by atoms with E-state index in [1.54, 1.807) is 7.05 Å². The van der Waals surface area contributed by atoms with Crippen LogP contribution in [0.15, 0.2) is 0 Å². The summed E-state index contributed by atoms with van der Waals surface area (Å²) in [6.45, 7) is -1.50. The van der Waals surface area contributed by atoms with E-state index >= 15 is 0 Å². The molecule has 106 valence electrons. The summed E-state index contributed by atoms with van der Waals surface area (Å²) in [5, 5.41) is 2.97. The highest BCUT2D eigenvalue weighted by Crippen LogP contribution is 2.25. The van der Waals surface area contributed by atoms with Crippen molar-refractivity contribution in [2.45, 2.75) is 38.5 Å². The Hall–Kier alpha value is -1.37. The lowest BCUT2D eigenvalue weighted by Crippen LogP contribution is -2.18. The summed E-state index contributed by atoms with van der Waals surface area (Å²) in [6, 6.07) is 0. The minimum absolute atomic E-state index is 0.221. The van der Waals surface area contributed by atoms with E-state index in [0.717, 1.165) is 36.9 Å². The van der Waals surface area contributed by atoms with Gasteiger partial charge >= 0.3 is 6.18 Å². The number of aryl methyl sites for hydroxylation is 1.